The van der Waals surface area contributed by atoms with Gasteiger partial charge in [0.25, 0.3) is 0 Å². The number of urea groups is 1. The Labute approximate surface area is 115 Å². The first kappa shape index (κ1) is 15.8. The number of amides is 2. The van der Waals surface area contributed by atoms with Crippen LogP contribution in [-0.2, 0) is 4.79 Å². The second-order valence-electron chi connectivity index (χ2n) is 6.45. The first-order chi connectivity index (χ1) is 8.74. The van der Waals surface area contributed by atoms with Crippen molar-refractivity contribution in [3.05, 3.63) is 0 Å². The molecule has 5 nitrogen and oxygen atoms in total. The molecule has 0 aromatic heterocycles. The number of carbonyl (C=O) groups is 2. The monoisotopic (exact) mass is 270 g/mol. The summed E-state index contributed by atoms with van der Waals surface area (Å²) in [5.41, 5.74) is 0.209. The number of nitrogens with one attached hydrogen (secondary N) is 1. The number of carbonyl (C=O) groups excluding carboxylic acids is 1. The molecule has 1 saturated heterocycles. The first-order valence-electron chi connectivity index (χ1n) is 7.01. The molecule has 110 valence electrons. The predicted octanol–water partition coefficient (Wildman–Crippen LogP) is 2.32. The van der Waals surface area contributed by atoms with Gasteiger partial charge in [-0.05, 0) is 24.2 Å². The average molecular weight is 270 g/mol. The van der Waals surface area contributed by atoms with Gasteiger partial charge < -0.3 is 15.3 Å². The van der Waals surface area contributed by atoms with E-state index in [1.54, 1.807) is 4.90 Å². The highest BCUT2D eigenvalue weighted by Gasteiger charge is 2.34. The van der Waals surface area contributed by atoms with Gasteiger partial charge in [0.2, 0.25) is 0 Å². The van der Waals surface area contributed by atoms with Crippen LogP contribution >= 0.6 is 0 Å². The van der Waals surface area contributed by atoms with Gasteiger partial charge >= 0.3 is 12.0 Å². The molecule has 0 saturated carbocycles. The summed E-state index contributed by atoms with van der Waals surface area (Å²) in [6.45, 7) is 9.99. The highest BCUT2D eigenvalue weighted by Crippen LogP contribution is 2.33. The summed E-state index contributed by atoms with van der Waals surface area (Å²) in [5, 5.41) is 11.6. The van der Waals surface area contributed by atoms with Gasteiger partial charge in [0.05, 0.1) is 6.42 Å². The number of hydrogen-bond donors (Lipinski definition) is 2. The number of aliphatic carboxylic acids is 1. The largest absolute Gasteiger partial charge is 0.481 e. The number of nitrogens with zero attached hydrogens (tertiary/aromatic N) is 1. The van der Waals surface area contributed by atoms with E-state index in [2.05, 4.69) is 26.1 Å². The van der Waals surface area contributed by atoms with Crippen molar-refractivity contribution in [1.82, 2.24) is 10.2 Å². The van der Waals surface area contributed by atoms with Gasteiger partial charge in [0.15, 0.2) is 0 Å². The maximum absolute atomic E-state index is 12.1. The van der Waals surface area contributed by atoms with E-state index in [4.69, 9.17) is 5.11 Å². The normalized spacial score (nSPS) is 21.3. The lowest BCUT2D eigenvalue weighted by Crippen LogP contribution is -2.44. The summed E-state index contributed by atoms with van der Waals surface area (Å²) in [4.78, 5) is 24.6. The molecule has 1 heterocycles. The summed E-state index contributed by atoms with van der Waals surface area (Å²) in [6.07, 6.45) is 1.64. The lowest BCUT2D eigenvalue weighted by Gasteiger charge is -2.27. The van der Waals surface area contributed by atoms with Crippen molar-refractivity contribution in [1.29, 1.82) is 0 Å². The third kappa shape index (κ3) is 4.73. The maximum atomic E-state index is 12.1. The molecule has 19 heavy (non-hydrogen) atoms. The van der Waals surface area contributed by atoms with Crippen molar-refractivity contribution < 1.29 is 14.7 Å². The summed E-state index contributed by atoms with van der Waals surface area (Å²) in [7, 11) is 0. The highest BCUT2D eigenvalue weighted by molar-refractivity contribution is 5.76. The fraction of sp³-hybridized carbons (Fsp3) is 0.857. The Balaban J connectivity index is 2.49. The molecule has 1 fully saturated rings. The molecule has 1 aliphatic rings. The molecule has 0 aromatic rings. The van der Waals surface area contributed by atoms with E-state index in [0.717, 1.165) is 19.5 Å². The molecule has 1 aliphatic heterocycles. The van der Waals surface area contributed by atoms with Crippen molar-refractivity contribution in [2.75, 3.05) is 13.1 Å². The van der Waals surface area contributed by atoms with Crippen LogP contribution in [0.1, 0.15) is 47.0 Å². The number of carboxylic acids is 1. The molecular weight excluding hydrogens is 244 g/mol. The predicted molar refractivity (Wildman–Crippen MR) is 74.0 cm³/mol. The number of hydrogen-bond acceptors (Lipinski definition) is 2. The summed E-state index contributed by atoms with van der Waals surface area (Å²) >= 11 is 0. The van der Waals surface area contributed by atoms with Gasteiger partial charge in [-0.15, -0.1) is 0 Å². The molecule has 5 heteroatoms. The van der Waals surface area contributed by atoms with Crippen LogP contribution in [0.5, 0.6) is 0 Å². The molecule has 2 N–H and O–H groups in total. The van der Waals surface area contributed by atoms with Crippen LogP contribution in [0.2, 0.25) is 0 Å². The topological polar surface area (TPSA) is 69.6 Å². The van der Waals surface area contributed by atoms with Gasteiger partial charge in [0.1, 0.15) is 0 Å². The molecule has 1 rings (SSSR count). The standard InChI is InChI=1S/C14H26N2O3/c1-5-11(8-12(17)18)15-13(19)16-7-6-10(9-16)14(2,3)4/h10-11H,5-9H2,1-4H3,(H,15,19)(H,17,18). The van der Waals surface area contributed by atoms with E-state index >= 15 is 0 Å². The summed E-state index contributed by atoms with van der Waals surface area (Å²) < 4.78 is 0. The van der Waals surface area contributed by atoms with E-state index in [1.165, 1.54) is 0 Å². The number of likely N-dealkylation sites (tertiary alicyclic amines) is 1. The quantitative estimate of drug-likeness (QED) is 0.823. The molecule has 0 radical (unpaired) electrons. The van der Waals surface area contributed by atoms with Gasteiger partial charge in [-0.1, -0.05) is 27.7 Å². The van der Waals surface area contributed by atoms with Crippen molar-refractivity contribution in [3.63, 3.8) is 0 Å². The smallest absolute Gasteiger partial charge is 0.317 e. The van der Waals surface area contributed by atoms with E-state index in [-0.39, 0.29) is 23.9 Å². The molecule has 0 bridgehead atoms. The zero-order valence-corrected chi connectivity index (χ0v) is 12.4. The Morgan fingerprint density at radius 1 is 1.42 bits per heavy atom. The second kappa shape index (κ2) is 6.26. The zero-order valence-electron chi connectivity index (χ0n) is 12.4. The third-order valence-corrected chi connectivity index (χ3v) is 3.94. The minimum atomic E-state index is -0.874. The second-order valence-corrected chi connectivity index (χ2v) is 6.45. The number of rotatable bonds is 4. The molecule has 2 atom stereocenters. The molecular formula is C14H26N2O3. The lowest BCUT2D eigenvalue weighted by molar-refractivity contribution is -0.137. The van der Waals surface area contributed by atoms with Crippen LogP contribution in [0, 0.1) is 11.3 Å². The zero-order chi connectivity index (χ0) is 14.6. The fourth-order valence-corrected chi connectivity index (χ4v) is 2.43. The minimum Gasteiger partial charge on any atom is -0.481 e. The first-order valence-corrected chi connectivity index (χ1v) is 7.01. The number of carboxylic acid groups (broad SMARTS) is 1. The van der Waals surface area contributed by atoms with Crippen molar-refractivity contribution >= 4 is 12.0 Å². The van der Waals surface area contributed by atoms with Crippen molar-refractivity contribution in [2.45, 2.75) is 53.0 Å². The van der Waals surface area contributed by atoms with E-state index < -0.39 is 5.97 Å². The van der Waals surface area contributed by atoms with Crippen LogP contribution in [0.3, 0.4) is 0 Å². The third-order valence-electron chi connectivity index (χ3n) is 3.94. The van der Waals surface area contributed by atoms with Crippen LogP contribution in [-0.4, -0.2) is 41.1 Å². The van der Waals surface area contributed by atoms with Crippen LogP contribution in [0.25, 0.3) is 0 Å². The van der Waals surface area contributed by atoms with Crippen molar-refractivity contribution in [2.24, 2.45) is 11.3 Å². The van der Waals surface area contributed by atoms with Crippen LogP contribution in [0.15, 0.2) is 0 Å². The van der Waals surface area contributed by atoms with Crippen LogP contribution < -0.4 is 5.32 Å². The van der Waals surface area contributed by atoms with E-state index in [1.807, 2.05) is 6.92 Å². The lowest BCUT2D eigenvalue weighted by atomic mass is 9.80. The molecule has 0 spiro atoms. The fourth-order valence-electron chi connectivity index (χ4n) is 2.43. The summed E-state index contributed by atoms with van der Waals surface area (Å²) in [5.74, 6) is -0.362. The molecule has 0 aromatic carbocycles. The van der Waals surface area contributed by atoms with Crippen LogP contribution in [0.4, 0.5) is 4.79 Å². The van der Waals surface area contributed by atoms with E-state index in [9.17, 15) is 9.59 Å². The Bertz CT molecular complexity index is 336. The molecule has 2 unspecified atom stereocenters. The molecule has 2 amide bonds. The SMILES string of the molecule is CCC(CC(=O)O)NC(=O)N1CCC(C(C)(C)C)C1. The Morgan fingerprint density at radius 2 is 2.05 bits per heavy atom. The van der Waals surface area contributed by atoms with Gasteiger partial charge in [-0.2, -0.15) is 0 Å². The van der Waals surface area contributed by atoms with Gasteiger partial charge in [-0.3, -0.25) is 4.79 Å². The Kier molecular flexibility index (Phi) is 5.20. The average Bonchev–Trinajstić information content (AvgIpc) is 2.76. The van der Waals surface area contributed by atoms with Gasteiger partial charge in [0, 0.05) is 19.1 Å². The van der Waals surface area contributed by atoms with Gasteiger partial charge in [-0.25, -0.2) is 4.79 Å². The minimum absolute atomic E-state index is 0.0151. The summed E-state index contributed by atoms with van der Waals surface area (Å²) in [6, 6.07) is -0.404. The Morgan fingerprint density at radius 3 is 2.47 bits per heavy atom. The Hall–Kier alpha value is -1.26. The van der Waals surface area contributed by atoms with Crippen molar-refractivity contribution in [3.8, 4) is 0 Å². The molecule has 0 aliphatic carbocycles. The highest BCUT2D eigenvalue weighted by atomic mass is 16.4. The van der Waals surface area contributed by atoms with E-state index in [0.29, 0.717) is 12.3 Å². The maximum Gasteiger partial charge on any atom is 0.317 e.